The maximum absolute atomic E-state index is 13.9. The lowest BCUT2D eigenvalue weighted by molar-refractivity contribution is -0.581. The van der Waals surface area contributed by atoms with E-state index in [1.807, 2.05) is 12.2 Å². The van der Waals surface area contributed by atoms with Crippen molar-refractivity contribution in [2.45, 2.75) is 51.4 Å². The summed E-state index contributed by atoms with van der Waals surface area (Å²) in [5, 5.41) is 1.92. The van der Waals surface area contributed by atoms with Crippen LogP contribution in [0.15, 0.2) is 30.3 Å². The fourth-order valence-corrected chi connectivity index (χ4v) is 2.82. The van der Waals surface area contributed by atoms with Gasteiger partial charge in [-0.25, -0.2) is 9.79 Å². The Morgan fingerprint density at radius 3 is 2.38 bits per heavy atom. The molecule has 2 N–H and O–H groups in total. The molecule has 0 radical (unpaired) electrons. The monoisotopic (exact) mass is 370 g/mol. The van der Waals surface area contributed by atoms with Gasteiger partial charge in [-0.3, -0.25) is 10.1 Å². The molecule has 1 heterocycles. The number of amides is 2. The number of carbonyl (C=O) groups is 2. The molecule has 1 aliphatic rings. The van der Waals surface area contributed by atoms with Gasteiger partial charge in [-0.15, -0.1) is 0 Å². The van der Waals surface area contributed by atoms with Crippen LogP contribution in [0.4, 0.5) is 13.2 Å². The van der Waals surface area contributed by atoms with Crippen molar-refractivity contribution in [1.82, 2.24) is 10.2 Å². The van der Waals surface area contributed by atoms with Gasteiger partial charge in [0.05, 0.1) is 12.1 Å². The molecule has 0 aliphatic carbocycles. The van der Waals surface area contributed by atoms with Gasteiger partial charge < -0.3 is 0 Å². The van der Waals surface area contributed by atoms with Gasteiger partial charge in [0.2, 0.25) is 5.91 Å². The van der Waals surface area contributed by atoms with Crippen molar-refractivity contribution in [2.24, 2.45) is 0 Å². The average Bonchev–Trinajstić information content (AvgIpc) is 2.88. The van der Waals surface area contributed by atoms with Crippen LogP contribution in [0.2, 0.25) is 0 Å². The van der Waals surface area contributed by atoms with Gasteiger partial charge in [0, 0.05) is 6.42 Å². The normalized spacial score (nSPS) is 20.3. The van der Waals surface area contributed by atoms with Gasteiger partial charge in [-0.2, -0.15) is 18.1 Å². The topological polar surface area (TPSA) is 63.4 Å². The van der Waals surface area contributed by atoms with Crippen molar-refractivity contribution >= 4 is 17.6 Å². The van der Waals surface area contributed by atoms with E-state index in [1.54, 1.807) is 37.3 Å². The van der Waals surface area contributed by atoms with Crippen LogP contribution in [0, 0.1) is 0 Å². The van der Waals surface area contributed by atoms with Gasteiger partial charge in [-0.05, 0) is 25.0 Å². The maximum atomic E-state index is 13.9. The number of hydrogen-bond donors (Lipinski definition) is 2. The highest BCUT2D eigenvalue weighted by Crippen LogP contribution is 2.29. The van der Waals surface area contributed by atoms with Crippen LogP contribution in [-0.4, -0.2) is 40.9 Å². The molecule has 1 aromatic rings. The first kappa shape index (κ1) is 19.9. The lowest BCUT2D eigenvalue weighted by atomic mass is 10.1. The first-order chi connectivity index (χ1) is 12.3. The molecular weight excluding hydrogens is 347 g/mol. The van der Waals surface area contributed by atoms with Gasteiger partial charge in [-0.1, -0.05) is 38.5 Å². The summed E-state index contributed by atoms with van der Waals surface area (Å²) in [6.45, 7) is 3.71. The Labute approximate surface area is 150 Å². The Kier molecular flexibility index (Phi) is 6.05. The predicted octanol–water partition coefficient (Wildman–Crippen LogP) is 1.33. The second-order valence-corrected chi connectivity index (χ2v) is 6.20. The first-order valence-corrected chi connectivity index (χ1v) is 8.67. The Balaban J connectivity index is 2.50. The smallest absolute Gasteiger partial charge is 0.298 e. The molecule has 0 saturated carbocycles. The Morgan fingerprint density at radius 2 is 1.85 bits per heavy atom. The second kappa shape index (κ2) is 7.88. The highest BCUT2D eigenvalue weighted by Gasteiger charge is 2.72. The summed E-state index contributed by atoms with van der Waals surface area (Å²) < 4.78 is 41.7. The number of halogens is 3. The number of carbonyl (C=O) groups excluding carboxylic acids is 2. The highest BCUT2D eigenvalue weighted by molar-refractivity contribution is 6.11. The Bertz CT molecular complexity index is 689. The number of benzene rings is 1. The van der Waals surface area contributed by atoms with Crippen molar-refractivity contribution < 1.29 is 27.8 Å². The summed E-state index contributed by atoms with van der Waals surface area (Å²) in [6, 6.07) is 8.31. The Morgan fingerprint density at radius 1 is 1.19 bits per heavy atom. The molecule has 2 amide bonds. The zero-order valence-electron chi connectivity index (χ0n) is 14.8. The molecule has 142 valence electrons. The van der Waals surface area contributed by atoms with Crippen LogP contribution >= 0.6 is 0 Å². The third-order valence-electron chi connectivity index (χ3n) is 4.15. The minimum atomic E-state index is -4.99. The van der Waals surface area contributed by atoms with Crippen LogP contribution in [-0.2, 0) is 9.59 Å². The standard InChI is InChI=1S/C18H22F3N3O2/c1-3-5-11-14(25)22-17(18(19,20)21)16(26)24(12-4-2)15(23-17)13-9-7-6-8-10-13/h6-10H,3-5,11-12H2,1-2H3,(H,22,25)/p+1/t17-/m1/s1. The Hall–Kier alpha value is -2.38. The quantitative estimate of drug-likeness (QED) is 0.761. The minimum Gasteiger partial charge on any atom is -0.298 e. The number of unbranched alkanes of at least 4 members (excludes halogenated alkanes) is 1. The van der Waals surface area contributed by atoms with Crippen LogP contribution in [0.25, 0.3) is 0 Å². The molecule has 8 heteroatoms. The number of hydrogen-bond acceptors (Lipinski definition) is 2. The molecule has 0 aromatic heterocycles. The van der Waals surface area contributed by atoms with Gasteiger partial charge in [0.1, 0.15) is 0 Å². The number of alkyl halides is 3. The molecule has 0 fully saturated rings. The lowest BCUT2D eigenvalue weighted by Crippen LogP contribution is -2.96. The molecule has 1 atom stereocenters. The fraction of sp³-hybridized carbons (Fsp3) is 0.500. The van der Waals surface area contributed by atoms with Gasteiger partial charge in [0.15, 0.2) is 0 Å². The summed E-state index contributed by atoms with van der Waals surface area (Å²) in [7, 11) is 0. The predicted molar refractivity (Wildman–Crippen MR) is 90.0 cm³/mol. The van der Waals surface area contributed by atoms with Crippen molar-refractivity contribution in [1.29, 1.82) is 0 Å². The van der Waals surface area contributed by atoms with Gasteiger partial charge >= 0.3 is 17.7 Å². The summed E-state index contributed by atoms with van der Waals surface area (Å²) in [5.41, 5.74) is -2.69. The van der Waals surface area contributed by atoms with E-state index in [0.717, 1.165) is 4.90 Å². The maximum Gasteiger partial charge on any atom is 0.465 e. The molecule has 0 saturated heterocycles. The lowest BCUT2D eigenvalue weighted by Gasteiger charge is -2.24. The molecule has 0 unspecified atom stereocenters. The average molecular weight is 370 g/mol. The second-order valence-electron chi connectivity index (χ2n) is 6.20. The van der Waals surface area contributed by atoms with E-state index in [0.29, 0.717) is 24.8 Å². The van der Waals surface area contributed by atoms with Crippen LogP contribution < -0.4 is 10.3 Å². The van der Waals surface area contributed by atoms with E-state index in [1.165, 1.54) is 0 Å². The largest absolute Gasteiger partial charge is 0.465 e. The number of nitrogens with zero attached hydrogens (tertiary/aromatic N) is 1. The SMILES string of the molecule is CCCCC(=O)N[C@@]1(C(F)(F)F)[NH+]=C(c2ccccc2)N(CCC)C1=O. The number of nitrogens with one attached hydrogen (secondary N) is 2. The molecule has 0 spiro atoms. The summed E-state index contributed by atoms with van der Waals surface area (Å²) >= 11 is 0. The van der Waals surface area contributed by atoms with E-state index in [-0.39, 0.29) is 18.8 Å². The highest BCUT2D eigenvalue weighted by atomic mass is 19.4. The van der Waals surface area contributed by atoms with E-state index in [9.17, 15) is 22.8 Å². The molecular formula is C18H23F3N3O2+. The zero-order valence-corrected chi connectivity index (χ0v) is 14.8. The molecule has 5 nitrogen and oxygen atoms in total. The van der Waals surface area contributed by atoms with E-state index >= 15 is 0 Å². The molecule has 1 aliphatic heterocycles. The zero-order chi connectivity index (χ0) is 19.4. The van der Waals surface area contributed by atoms with Crippen LogP contribution in [0.3, 0.4) is 0 Å². The van der Waals surface area contributed by atoms with E-state index < -0.39 is 23.7 Å². The van der Waals surface area contributed by atoms with Crippen molar-refractivity contribution in [3.05, 3.63) is 35.9 Å². The molecule has 1 aromatic carbocycles. The summed E-state index contributed by atoms with van der Waals surface area (Å²) in [6.07, 6.45) is -3.48. The first-order valence-electron chi connectivity index (χ1n) is 8.67. The van der Waals surface area contributed by atoms with Crippen molar-refractivity contribution in [2.75, 3.05) is 6.54 Å². The number of amidine groups is 1. The van der Waals surface area contributed by atoms with Crippen molar-refractivity contribution in [3.8, 4) is 0 Å². The minimum absolute atomic E-state index is 0.0468. The third-order valence-corrected chi connectivity index (χ3v) is 4.15. The molecule has 0 bridgehead atoms. The summed E-state index contributed by atoms with van der Waals surface area (Å²) in [5.74, 6) is -1.98. The fourth-order valence-electron chi connectivity index (χ4n) is 2.82. The number of rotatable bonds is 7. The van der Waals surface area contributed by atoms with E-state index in [4.69, 9.17) is 0 Å². The summed E-state index contributed by atoms with van der Waals surface area (Å²) in [4.78, 5) is 28.1. The van der Waals surface area contributed by atoms with Gasteiger partial charge in [0.25, 0.3) is 5.84 Å². The van der Waals surface area contributed by atoms with E-state index in [2.05, 4.69) is 4.99 Å². The van der Waals surface area contributed by atoms with Crippen LogP contribution in [0.5, 0.6) is 0 Å². The third kappa shape index (κ3) is 3.73. The van der Waals surface area contributed by atoms with Crippen molar-refractivity contribution in [3.63, 3.8) is 0 Å². The molecule has 2 rings (SSSR count). The molecule has 26 heavy (non-hydrogen) atoms. The van der Waals surface area contributed by atoms with Crippen LogP contribution in [0.1, 0.15) is 45.1 Å².